The molecule has 4 aromatic heterocycles. The Balaban J connectivity index is 1.19. The van der Waals surface area contributed by atoms with Crippen LogP contribution >= 0.6 is 0 Å². The number of benzene rings is 7. The summed E-state index contributed by atoms with van der Waals surface area (Å²) in [6.45, 7) is 0. The van der Waals surface area contributed by atoms with Gasteiger partial charge in [-0.1, -0.05) is 121 Å². The fourth-order valence-electron chi connectivity index (χ4n) is 8.08. The molecule has 0 N–H and O–H groups in total. The lowest BCUT2D eigenvalue weighted by atomic mass is 9.99. The number of hydrogen-bond donors (Lipinski definition) is 0. The zero-order chi connectivity index (χ0) is 34.2. The second-order valence-electron chi connectivity index (χ2n) is 13.3. The fraction of sp³-hybridized carbons (Fsp3) is 0. The monoisotopic (exact) mass is 663 g/mol. The van der Waals surface area contributed by atoms with Gasteiger partial charge >= 0.3 is 0 Å². The van der Waals surface area contributed by atoms with E-state index in [4.69, 9.17) is 15.0 Å². The highest BCUT2D eigenvalue weighted by molar-refractivity contribution is 6.32. The summed E-state index contributed by atoms with van der Waals surface area (Å²) in [5.41, 5.74) is 10.6. The van der Waals surface area contributed by atoms with Crippen molar-refractivity contribution in [3.8, 4) is 45.4 Å². The van der Waals surface area contributed by atoms with E-state index in [1.54, 1.807) is 0 Å². The van der Waals surface area contributed by atoms with Crippen LogP contribution in [0.5, 0.6) is 0 Å². The van der Waals surface area contributed by atoms with E-state index in [-0.39, 0.29) is 0 Å². The Morgan fingerprint density at radius 3 is 1.87 bits per heavy atom. The van der Waals surface area contributed by atoms with Crippen molar-refractivity contribution in [3.05, 3.63) is 176 Å². The lowest BCUT2D eigenvalue weighted by Crippen LogP contribution is -1.98. The molecule has 242 valence electrons. The molecule has 11 rings (SSSR count). The number of hydrogen-bond acceptors (Lipinski definition) is 3. The maximum atomic E-state index is 5.15. The molecule has 5 nitrogen and oxygen atoms in total. The molecule has 5 heteroatoms. The van der Waals surface area contributed by atoms with Crippen LogP contribution in [0.2, 0.25) is 0 Å². The van der Waals surface area contributed by atoms with Gasteiger partial charge in [0.15, 0.2) is 5.82 Å². The van der Waals surface area contributed by atoms with Gasteiger partial charge in [-0.3, -0.25) is 4.57 Å². The number of para-hydroxylation sites is 1. The average molecular weight is 664 g/mol. The van der Waals surface area contributed by atoms with Gasteiger partial charge in [-0.25, -0.2) is 15.0 Å². The molecule has 52 heavy (non-hydrogen) atoms. The van der Waals surface area contributed by atoms with Crippen molar-refractivity contribution < 1.29 is 0 Å². The second kappa shape index (κ2) is 11.2. The molecule has 0 aliphatic rings. The third-order valence-corrected chi connectivity index (χ3v) is 10.3. The molecule has 0 saturated heterocycles. The molecule has 0 bridgehead atoms. The summed E-state index contributed by atoms with van der Waals surface area (Å²) >= 11 is 0. The number of nitrogens with zero attached hydrogens (tertiary/aromatic N) is 5. The van der Waals surface area contributed by atoms with Crippen LogP contribution in [-0.4, -0.2) is 24.1 Å². The number of fused-ring (bicyclic) bond motifs is 4. The lowest BCUT2D eigenvalue weighted by molar-refractivity contribution is 1.08. The van der Waals surface area contributed by atoms with Gasteiger partial charge in [0.25, 0.3) is 0 Å². The van der Waals surface area contributed by atoms with Crippen molar-refractivity contribution in [3.63, 3.8) is 0 Å². The maximum Gasteiger partial charge on any atom is 0.160 e. The summed E-state index contributed by atoms with van der Waals surface area (Å²) in [6, 6.07) is 59.8. The first-order valence-electron chi connectivity index (χ1n) is 17.5. The number of rotatable bonds is 5. The predicted octanol–water partition coefficient (Wildman–Crippen LogP) is 11.7. The first-order chi connectivity index (χ1) is 25.8. The molecule has 0 radical (unpaired) electrons. The Morgan fingerprint density at radius 2 is 1.10 bits per heavy atom. The van der Waals surface area contributed by atoms with Crippen LogP contribution in [0.1, 0.15) is 0 Å². The third kappa shape index (κ3) is 4.26. The summed E-state index contributed by atoms with van der Waals surface area (Å²) in [4.78, 5) is 15.1. The second-order valence-corrected chi connectivity index (χ2v) is 13.3. The summed E-state index contributed by atoms with van der Waals surface area (Å²) in [7, 11) is 0. The smallest absolute Gasteiger partial charge is 0.160 e. The van der Waals surface area contributed by atoms with E-state index < -0.39 is 0 Å². The maximum absolute atomic E-state index is 5.15. The normalized spacial score (nSPS) is 11.8. The van der Waals surface area contributed by atoms with E-state index in [0.717, 1.165) is 45.1 Å². The van der Waals surface area contributed by atoms with Gasteiger partial charge < -0.3 is 4.57 Å². The first kappa shape index (κ1) is 28.7. The fourth-order valence-corrected chi connectivity index (χ4v) is 8.08. The van der Waals surface area contributed by atoms with Gasteiger partial charge in [0.2, 0.25) is 0 Å². The zero-order valence-electron chi connectivity index (χ0n) is 28.0. The molecular formula is C47H29N5. The Bertz CT molecular complexity index is 3050. The van der Waals surface area contributed by atoms with Crippen LogP contribution < -0.4 is 0 Å². The quantitative estimate of drug-likeness (QED) is 0.172. The minimum atomic E-state index is 0.691. The Labute approximate surface area is 299 Å². The van der Waals surface area contributed by atoms with Gasteiger partial charge in [-0.2, -0.15) is 0 Å². The van der Waals surface area contributed by atoms with E-state index in [1.807, 2.05) is 24.4 Å². The third-order valence-electron chi connectivity index (χ3n) is 10.3. The molecule has 0 unspecified atom stereocenters. The van der Waals surface area contributed by atoms with Crippen molar-refractivity contribution in [2.45, 2.75) is 0 Å². The molecule has 4 heterocycles. The minimum absolute atomic E-state index is 0.691. The standard InChI is InChI=1S/C47H29N5/c1-3-13-30(14-4-1)38-29-39(31-15-5-2-6-16-31)50-47(49-38)33-18-11-19-34(27-33)51-41-22-12-17-32-24-25-36-45(44(32)41)42(51)28-37-35-20-7-8-21-40(35)52(46(36)37)43-23-9-10-26-48-43/h1-29H. The molecule has 0 fully saturated rings. The van der Waals surface area contributed by atoms with Crippen molar-refractivity contribution in [1.29, 1.82) is 0 Å². The van der Waals surface area contributed by atoms with Gasteiger partial charge in [-0.05, 0) is 53.9 Å². The largest absolute Gasteiger partial charge is 0.309 e. The predicted molar refractivity (Wildman–Crippen MR) is 214 cm³/mol. The van der Waals surface area contributed by atoms with Crippen molar-refractivity contribution in [2.24, 2.45) is 0 Å². The highest BCUT2D eigenvalue weighted by atomic mass is 15.1. The molecule has 7 aromatic carbocycles. The van der Waals surface area contributed by atoms with Gasteiger partial charge in [0.05, 0.1) is 33.5 Å². The van der Waals surface area contributed by atoms with E-state index in [0.29, 0.717) is 5.82 Å². The van der Waals surface area contributed by atoms with Crippen LogP contribution in [-0.2, 0) is 0 Å². The van der Waals surface area contributed by atoms with Crippen LogP contribution in [0.4, 0.5) is 0 Å². The van der Waals surface area contributed by atoms with Crippen LogP contribution in [0.25, 0.3) is 99.8 Å². The van der Waals surface area contributed by atoms with E-state index in [1.165, 1.54) is 48.9 Å². The highest BCUT2D eigenvalue weighted by Crippen LogP contribution is 2.45. The lowest BCUT2D eigenvalue weighted by Gasteiger charge is -2.12. The van der Waals surface area contributed by atoms with E-state index in [2.05, 4.69) is 161 Å². The van der Waals surface area contributed by atoms with Gasteiger partial charge in [0, 0.05) is 55.5 Å². The van der Waals surface area contributed by atoms with Crippen molar-refractivity contribution >= 4 is 54.4 Å². The van der Waals surface area contributed by atoms with Crippen molar-refractivity contribution in [1.82, 2.24) is 24.1 Å². The van der Waals surface area contributed by atoms with Crippen LogP contribution in [0, 0.1) is 0 Å². The molecule has 11 aromatic rings. The topological polar surface area (TPSA) is 48.5 Å². The average Bonchev–Trinajstić information content (AvgIpc) is 3.74. The highest BCUT2D eigenvalue weighted by Gasteiger charge is 2.23. The molecule has 0 amide bonds. The van der Waals surface area contributed by atoms with Crippen LogP contribution in [0.3, 0.4) is 0 Å². The molecule has 0 spiro atoms. The number of pyridine rings is 1. The molecule has 0 saturated carbocycles. The first-order valence-corrected chi connectivity index (χ1v) is 17.5. The molecular weight excluding hydrogens is 635 g/mol. The Kier molecular flexibility index (Phi) is 6.18. The molecule has 0 aliphatic carbocycles. The Morgan fingerprint density at radius 1 is 0.404 bits per heavy atom. The van der Waals surface area contributed by atoms with E-state index in [9.17, 15) is 0 Å². The van der Waals surface area contributed by atoms with Gasteiger partial charge in [0.1, 0.15) is 5.82 Å². The van der Waals surface area contributed by atoms with E-state index >= 15 is 0 Å². The molecule has 0 aliphatic heterocycles. The minimum Gasteiger partial charge on any atom is -0.309 e. The zero-order valence-corrected chi connectivity index (χ0v) is 28.0. The van der Waals surface area contributed by atoms with Gasteiger partial charge in [-0.15, -0.1) is 0 Å². The van der Waals surface area contributed by atoms with Crippen LogP contribution in [0.15, 0.2) is 176 Å². The summed E-state index contributed by atoms with van der Waals surface area (Å²) in [6.07, 6.45) is 1.87. The summed E-state index contributed by atoms with van der Waals surface area (Å²) < 4.78 is 4.74. The Hall–Kier alpha value is -7.11. The summed E-state index contributed by atoms with van der Waals surface area (Å²) in [5.74, 6) is 1.60. The summed E-state index contributed by atoms with van der Waals surface area (Å²) in [5, 5.41) is 7.33. The number of aromatic nitrogens is 5. The SMILES string of the molecule is c1ccc(-c2cc(-c3ccccc3)nc(-c3cccc(-n4c5cccc6ccc7c(c65)c4cc4c5ccccc5n(-c5ccccn5)c47)c3)n2)cc1. The molecule has 0 atom stereocenters. The van der Waals surface area contributed by atoms with Crippen molar-refractivity contribution in [2.75, 3.05) is 0 Å².